The van der Waals surface area contributed by atoms with Gasteiger partial charge in [0.15, 0.2) is 0 Å². The molecular formula is C15H21NO3S. The number of hydrogen-bond acceptors (Lipinski definition) is 3. The molecule has 20 heavy (non-hydrogen) atoms. The first kappa shape index (κ1) is 16.7. The maximum absolute atomic E-state index is 11.9. The Balaban J connectivity index is 2.66. The molecule has 0 bridgehead atoms. The second-order valence-electron chi connectivity index (χ2n) is 5.41. The van der Waals surface area contributed by atoms with E-state index in [9.17, 15) is 8.42 Å². The summed E-state index contributed by atoms with van der Waals surface area (Å²) in [7, 11) is -3.33. The lowest BCUT2D eigenvalue weighted by molar-refractivity contribution is 0.305. The van der Waals surface area contributed by atoms with Crippen molar-refractivity contribution in [1.82, 2.24) is 4.72 Å². The molecule has 0 saturated heterocycles. The maximum atomic E-state index is 11.9. The highest BCUT2D eigenvalue weighted by molar-refractivity contribution is 7.90. The zero-order valence-corrected chi connectivity index (χ0v) is 12.9. The normalized spacial score (nSPS) is 11.8. The first-order chi connectivity index (χ1) is 9.26. The molecule has 0 aliphatic carbocycles. The summed E-state index contributed by atoms with van der Waals surface area (Å²) < 4.78 is 25.6. The lowest BCUT2D eigenvalue weighted by Crippen LogP contribution is -2.38. The fourth-order valence-electron chi connectivity index (χ4n) is 1.32. The fourth-order valence-corrected chi connectivity index (χ4v) is 2.11. The molecule has 0 saturated carbocycles. The zero-order valence-electron chi connectivity index (χ0n) is 12.1. The minimum atomic E-state index is -3.33. The van der Waals surface area contributed by atoms with Gasteiger partial charge in [-0.15, -0.1) is 0 Å². The van der Waals surface area contributed by atoms with E-state index < -0.39 is 14.8 Å². The smallest absolute Gasteiger partial charge is 0.216 e. The molecule has 1 aromatic rings. The predicted molar refractivity (Wildman–Crippen MR) is 80.5 cm³/mol. The molecule has 0 atom stereocenters. The summed E-state index contributed by atoms with van der Waals surface area (Å²) in [6, 6.07) is 7.36. The van der Waals surface area contributed by atoms with Gasteiger partial charge in [-0.05, 0) is 38.5 Å². The molecule has 0 radical (unpaired) electrons. The molecule has 0 aliphatic rings. The van der Waals surface area contributed by atoms with Crippen molar-refractivity contribution in [3.63, 3.8) is 0 Å². The minimum absolute atomic E-state index is 0.0552. The number of nitrogens with one attached hydrogen (secondary N) is 1. The predicted octanol–water partition coefficient (Wildman–Crippen LogP) is 1.64. The fraction of sp³-hybridized carbons (Fsp3) is 0.467. The van der Waals surface area contributed by atoms with Crippen molar-refractivity contribution in [1.29, 1.82) is 0 Å². The Morgan fingerprint density at radius 3 is 2.30 bits per heavy atom. The number of sulfonamides is 1. The van der Waals surface area contributed by atoms with Gasteiger partial charge in [0.2, 0.25) is 10.0 Å². The van der Waals surface area contributed by atoms with E-state index in [0.29, 0.717) is 6.42 Å². The molecule has 2 N–H and O–H groups in total. The topological polar surface area (TPSA) is 66.4 Å². The van der Waals surface area contributed by atoms with Gasteiger partial charge < -0.3 is 5.11 Å². The number of benzene rings is 1. The van der Waals surface area contributed by atoms with Crippen molar-refractivity contribution in [2.24, 2.45) is 0 Å². The van der Waals surface area contributed by atoms with E-state index in [4.69, 9.17) is 5.11 Å². The molecule has 0 fully saturated rings. The molecule has 0 aliphatic heterocycles. The van der Waals surface area contributed by atoms with Gasteiger partial charge in [-0.1, -0.05) is 24.0 Å². The number of hydrogen-bond donors (Lipinski definition) is 2. The number of aliphatic hydroxyl groups excluding tert-OH is 1. The third kappa shape index (κ3) is 4.97. The highest BCUT2D eigenvalue weighted by Crippen LogP contribution is 2.14. The summed E-state index contributed by atoms with van der Waals surface area (Å²) in [5.41, 5.74) is 1.73. The molecule has 0 unspecified atom stereocenters. The molecule has 1 aromatic carbocycles. The lowest BCUT2D eigenvalue weighted by Gasteiger charge is -2.19. The van der Waals surface area contributed by atoms with Gasteiger partial charge >= 0.3 is 0 Å². The summed E-state index contributed by atoms with van der Waals surface area (Å²) in [6.07, 6.45) is 0.452. The molecule has 0 aromatic heterocycles. The summed E-state index contributed by atoms with van der Waals surface area (Å²) in [4.78, 5) is 0. The monoisotopic (exact) mass is 295 g/mol. The quantitative estimate of drug-likeness (QED) is 0.830. The van der Waals surface area contributed by atoms with Crippen molar-refractivity contribution < 1.29 is 13.5 Å². The standard InChI is InChI=1S/C15H21NO3S/c1-15(2,3)20(18,19)16-12-14-9-7-13(8-10-14)6-4-5-11-17/h7-10,16-17H,5,11-12H2,1-3H3. The van der Waals surface area contributed by atoms with Crippen LogP contribution in [-0.4, -0.2) is 24.9 Å². The van der Waals surface area contributed by atoms with Crippen molar-refractivity contribution >= 4 is 10.0 Å². The Labute approximate surface area is 121 Å². The van der Waals surface area contributed by atoms with Crippen LogP contribution >= 0.6 is 0 Å². The average molecular weight is 295 g/mol. The van der Waals surface area contributed by atoms with E-state index in [-0.39, 0.29) is 13.2 Å². The van der Waals surface area contributed by atoms with Crippen LogP contribution in [0.15, 0.2) is 24.3 Å². The summed E-state index contributed by atoms with van der Waals surface area (Å²) in [5.74, 6) is 5.76. The van der Waals surface area contributed by atoms with E-state index >= 15 is 0 Å². The Bertz CT molecular complexity index is 587. The van der Waals surface area contributed by atoms with E-state index in [1.165, 1.54) is 0 Å². The van der Waals surface area contributed by atoms with Gasteiger partial charge in [0.05, 0.1) is 11.4 Å². The minimum Gasteiger partial charge on any atom is -0.395 e. The van der Waals surface area contributed by atoms with Crippen LogP contribution in [0.2, 0.25) is 0 Å². The van der Waals surface area contributed by atoms with Gasteiger partial charge in [0.1, 0.15) is 0 Å². The van der Waals surface area contributed by atoms with Gasteiger partial charge in [-0.2, -0.15) is 0 Å². The Hall–Kier alpha value is -1.35. The Kier molecular flexibility index (Phi) is 5.75. The Morgan fingerprint density at radius 1 is 1.20 bits per heavy atom. The second-order valence-corrected chi connectivity index (χ2v) is 7.93. The molecule has 0 amide bonds. The van der Waals surface area contributed by atoms with Crippen LogP contribution in [0, 0.1) is 11.8 Å². The van der Waals surface area contributed by atoms with Gasteiger partial charge in [-0.3, -0.25) is 0 Å². The van der Waals surface area contributed by atoms with Crippen LogP contribution in [0.3, 0.4) is 0 Å². The van der Waals surface area contributed by atoms with Crippen molar-refractivity contribution in [2.45, 2.75) is 38.5 Å². The lowest BCUT2D eigenvalue weighted by atomic mass is 10.1. The highest BCUT2D eigenvalue weighted by Gasteiger charge is 2.28. The van der Waals surface area contributed by atoms with Crippen molar-refractivity contribution in [3.8, 4) is 11.8 Å². The molecule has 5 heteroatoms. The highest BCUT2D eigenvalue weighted by atomic mass is 32.2. The van der Waals surface area contributed by atoms with Crippen LogP contribution in [0.5, 0.6) is 0 Å². The SMILES string of the molecule is CC(C)(C)S(=O)(=O)NCc1ccc(C#CCCO)cc1. The van der Waals surface area contributed by atoms with Crippen LogP contribution in [-0.2, 0) is 16.6 Å². The molecule has 110 valence electrons. The first-order valence-corrected chi connectivity index (χ1v) is 7.92. The first-order valence-electron chi connectivity index (χ1n) is 6.44. The van der Waals surface area contributed by atoms with E-state index in [1.54, 1.807) is 20.8 Å². The van der Waals surface area contributed by atoms with Crippen LogP contribution in [0.25, 0.3) is 0 Å². The van der Waals surface area contributed by atoms with Crippen LogP contribution in [0.4, 0.5) is 0 Å². The molecule has 0 heterocycles. The third-order valence-corrected chi connectivity index (χ3v) is 4.83. The van der Waals surface area contributed by atoms with E-state index in [0.717, 1.165) is 11.1 Å². The van der Waals surface area contributed by atoms with Crippen LogP contribution in [0.1, 0.15) is 38.3 Å². The second kappa shape index (κ2) is 6.89. The molecule has 1 rings (SSSR count). The summed E-state index contributed by atoms with van der Waals surface area (Å²) in [5, 5.41) is 8.63. The van der Waals surface area contributed by atoms with Gasteiger partial charge in [0, 0.05) is 18.5 Å². The molecule has 0 spiro atoms. The number of rotatable bonds is 4. The van der Waals surface area contributed by atoms with Crippen molar-refractivity contribution in [3.05, 3.63) is 35.4 Å². The third-order valence-electron chi connectivity index (χ3n) is 2.70. The van der Waals surface area contributed by atoms with E-state index in [1.807, 2.05) is 24.3 Å². The van der Waals surface area contributed by atoms with Crippen LogP contribution < -0.4 is 4.72 Å². The summed E-state index contributed by atoms with van der Waals surface area (Å²) >= 11 is 0. The molecule has 4 nitrogen and oxygen atoms in total. The van der Waals surface area contributed by atoms with Gasteiger partial charge in [-0.25, -0.2) is 13.1 Å². The maximum Gasteiger partial charge on any atom is 0.216 e. The van der Waals surface area contributed by atoms with Crippen molar-refractivity contribution in [2.75, 3.05) is 6.61 Å². The largest absolute Gasteiger partial charge is 0.395 e. The van der Waals surface area contributed by atoms with Gasteiger partial charge in [0.25, 0.3) is 0 Å². The van der Waals surface area contributed by atoms with E-state index in [2.05, 4.69) is 16.6 Å². The average Bonchev–Trinajstić information content (AvgIpc) is 2.37. The summed E-state index contributed by atoms with van der Waals surface area (Å²) in [6.45, 7) is 5.31. The number of aliphatic hydroxyl groups is 1. The molecular weight excluding hydrogens is 274 g/mol. The Morgan fingerprint density at radius 2 is 1.80 bits per heavy atom. The zero-order chi connectivity index (χ0) is 15.2.